The molecule has 1 unspecified atom stereocenters. The van der Waals surface area contributed by atoms with E-state index in [-0.39, 0.29) is 6.04 Å². The second-order valence-corrected chi connectivity index (χ2v) is 4.99. The van der Waals surface area contributed by atoms with Crippen LogP contribution in [0.1, 0.15) is 50.0 Å². The minimum Gasteiger partial charge on any atom is -0.388 e. The molecule has 6 heteroatoms. The Morgan fingerprint density at radius 1 is 1.37 bits per heavy atom. The zero-order valence-electron chi connectivity index (χ0n) is 11.9. The lowest BCUT2D eigenvalue weighted by Gasteiger charge is -2.13. The van der Waals surface area contributed by atoms with Gasteiger partial charge in [-0.05, 0) is 20.3 Å². The summed E-state index contributed by atoms with van der Waals surface area (Å²) in [5.41, 5.74) is 1.81. The van der Waals surface area contributed by atoms with Crippen molar-refractivity contribution < 1.29 is 5.11 Å². The number of aromatic nitrogens is 5. The van der Waals surface area contributed by atoms with E-state index >= 15 is 0 Å². The van der Waals surface area contributed by atoms with E-state index in [4.69, 9.17) is 0 Å². The molecule has 0 amide bonds. The summed E-state index contributed by atoms with van der Waals surface area (Å²) in [4.78, 5) is 4.23. The van der Waals surface area contributed by atoms with E-state index in [0.717, 1.165) is 23.5 Å². The third-order valence-corrected chi connectivity index (χ3v) is 3.14. The minimum absolute atomic E-state index is 0.240. The Hall–Kier alpha value is -1.69. The minimum atomic E-state index is -0.592. The van der Waals surface area contributed by atoms with E-state index in [0.29, 0.717) is 6.42 Å². The van der Waals surface area contributed by atoms with Crippen molar-refractivity contribution in [1.82, 2.24) is 24.5 Å². The van der Waals surface area contributed by atoms with Gasteiger partial charge in [0.1, 0.15) is 12.2 Å². The maximum absolute atomic E-state index is 10.4. The number of rotatable bonds is 5. The molecule has 0 radical (unpaired) electrons. The number of hydrogen-bond acceptors (Lipinski definition) is 4. The molecule has 19 heavy (non-hydrogen) atoms. The van der Waals surface area contributed by atoms with Crippen LogP contribution in [0.2, 0.25) is 0 Å². The van der Waals surface area contributed by atoms with Crippen molar-refractivity contribution in [3.05, 3.63) is 29.6 Å². The van der Waals surface area contributed by atoms with Crippen molar-refractivity contribution in [3.63, 3.8) is 0 Å². The van der Waals surface area contributed by atoms with Crippen molar-refractivity contribution in [2.45, 2.75) is 45.8 Å². The average molecular weight is 263 g/mol. The lowest BCUT2D eigenvalue weighted by atomic mass is 10.1. The average Bonchev–Trinajstić information content (AvgIpc) is 2.95. The van der Waals surface area contributed by atoms with E-state index in [1.165, 1.54) is 6.33 Å². The first-order chi connectivity index (χ1) is 9.02. The summed E-state index contributed by atoms with van der Waals surface area (Å²) in [7, 11) is 1.87. The smallest absolute Gasteiger partial charge is 0.138 e. The topological polar surface area (TPSA) is 68.8 Å². The first kappa shape index (κ1) is 13.7. The summed E-state index contributed by atoms with van der Waals surface area (Å²) in [6, 6.07) is 0.240. The highest BCUT2D eigenvalue weighted by molar-refractivity contribution is 5.21. The highest BCUT2D eigenvalue weighted by Crippen LogP contribution is 2.21. The van der Waals surface area contributed by atoms with E-state index in [1.54, 1.807) is 4.68 Å². The van der Waals surface area contributed by atoms with Crippen LogP contribution < -0.4 is 0 Å². The maximum Gasteiger partial charge on any atom is 0.138 e. The van der Waals surface area contributed by atoms with Gasteiger partial charge in [0.05, 0.1) is 11.8 Å². The van der Waals surface area contributed by atoms with Crippen molar-refractivity contribution in [1.29, 1.82) is 0 Å². The summed E-state index contributed by atoms with van der Waals surface area (Å²) in [5.74, 6) is 0.799. The van der Waals surface area contributed by atoms with Gasteiger partial charge in [-0.1, -0.05) is 6.92 Å². The van der Waals surface area contributed by atoms with Crippen LogP contribution in [0.5, 0.6) is 0 Å². The predicted molar refractivity (Wildman–Crippen MR) is 71.7 cm³/mol. The highest BCUT2D eigenvalue weighted by Gasteiger charge is 2.19. The molecule has 1 N–H and O–H groups in total. The van der Waals surface area contributed by atoms with Crippen LogP contribution in [0.4, 0.5) is 0 Å². The molecule has 0 aliphatic carbocycles. The SMILES string of the molecule is CCc1nn(C)cc1C(O)Cc1ncnn1C(C)C. The Labute approximate surface area is 113 Å². The van der Waals surface area contributed by atoms with E-state index in [1.807, 2.05) is 38.7 Å². The van der Waals surface area contributed by atoms with E-state index < -0.39 is 6.10 Å². The van der Waals surface area contributed by atoms with Gasteiger partial charge in [0.25, 0.3) is 0 Å². The molecular weight excluding hydrogens is 242 g/mol. The lowest BCUT2D eigenvalue weighted by Crippen LogP contribution is -2.12. The van der Waals surface area contributed by atoms with Gasteiger partial charge in [0.2, 0.25) is 0 Å². The van der Waals surface area contributed by atoms with Crippen molar-refractivity contribution in [3.8, 4) is 0 Å². The van der Waals surface area contributed by atoms with Gasteiger partial charge in [-0.25, -0.2) is 9.67 Å². The second-order valence-electron chi connectivity index (χ2n) is 4.99. The van der Waals surface area contributed by atoms with E-state index in [2.05, 4.69) is 15.2 Å². The molecule has 0 aliphatic heterocycles. The molecule has 0 aliphatic rings. The Morgan fingerprint density at radius 3 is 2.74 bits per heavy atom. The van der Waals surface area contributed by atoms with Crippen LogP contribution in [-0.2, 0) is 19.9 Å². The van der Waals surface area contributed by atoms with Crippen molar-refractivity contribution in [2.75, 3.05) is 0 Å². The summed E-state index contributed by atoms with van der Waals surface area (Å²) >= 11 is 0. The van der Waals surface area contributed by atoms with Gasteiger partial charge in [-0.3, -0.25) is 4.68 Å². The summed E-state index contributed by atoms with van der Waals surface area (Å²) in [5, 5.41) is 18.9. The Morgan fingerprint density at radius 2 is 2.11 bits per heavy atom. The maximum atomic E-state index is 10.4. The fourth-order valence-electron chi connectivity index (χ4n) is 2.24. The molecule has 0 spiro atoms. The molecule has 0 saturated carbocycles. The van der Waals surface area contributed by atoms with Gasteiger partial charge in [0.15, 0.2) is 0 Å². The molecule has 0 saturated heterocycles. The van der Waals surface area contributed by atoms with Gasteiger partial charge in [0, 0.05) is 31.3 Å². The zero-order chi connectivity index (χ0) is 14.0. The van der Waals surface area contributed by atoms with Crippen molar-refractivity contribution >= 4 is 0 Å². The Kier molecular flexibility index (Phi) is 3.99. The molecule has 0 bridgehead atoms. The molecule has 2 aromatic rings. The van der Waals surface area contributed by atoms with Crippen LogP contribution in [0.25, 0.3) is 0 Å². The number of aliphatic hydroxyl groups is 1. The highest BCUT2D eigenvalue weighted by atomic mass is 16.3. The summed E-state index contributed by atoms with van der Waals surface area (Å²) in [6.45, 7) is 6.13. The van der Waals surface area contributed by atoms with Gasteiger partial charge >= 0.3 is 0 Å². The molecule has 0 aromatic carbocycles. The van der Waals surface area contributed by atoms with Crippen LogP contribution in [0.15, 0.2) is 12.5 Å². The largest absolute Gasteiger partial charge is 0.388 e. The third-order valence-electron chi connectivity index (χ3n) is 3.14. The van der Waals surface area contributed by atoms with Crippen LogP contribution in [0, 0.1) is 0 Å². The zero-order valence-corrected chi connectivity index (χ0v) is 11.9. The fraction of sp³-hybridized carbons (Fsp3) is 0.615. The molecular formula is C13H21N5O. The standard InChI is InChI=1S/C13H21N5O/c1-5-11-10(7-17(4)16-11)12(19)6-13-14-8-15-18(13)9(2)3/h7-9,12,19H,5-6H2,1-4H3. The van der Waals surface area contributed by atoms with Gasteiger partial charge < -0.3 is 5.11 Å². The normalized spacial score (nSPS) is 13.2. The fourth-order valence-corrected chi connectivity index (χ4v) is 2.24. The molecule has 2 rings (SSSR count). The molecule has 2 heterocycles. The second kappa shape index (κ2) is 5.52. The lowest BCUT2D eigenvalue weighted by molar-refractivity contribution is 0.172. The number of aryl methyl sites for hydroxylation is 2. The quantitative estimate of drug-likeness (QED) is 0.886. The first-order valence-corrected chi connectivity index (χ1v) is 6.61. The Balaban J connectivity index is 2.20. The molecule has 104 valence electrons. The third kappa shape index (κ3) is 2.84. The van der Waals surface area contributed by atoms with Crippen molar-refractivity contribution in [2.24, 2.45) is 7.05 Å². The van der Waals surface area contributed by atoms with Gasteiger partial charge in [-0.15, -0.1) is 0 Å². The monoisotopic (exact) mass is 263 g/mol. The molecule has 1 atom stereocenters. The predicted octanol–water partition coefficient (Wildman–Crippen LogP) is 1.43. The Bertz CT molecular complexity index is 543. The van der Waals surface area contributed by atoms with Crippen LogP contribution >= 0.6 is 0 Å². The molecule has 6 nitrogen and oxygen atoms in total. The van der Waals surface area contributed by atoms with Gasteiger partial charge in [-0.2, -0.15) is 10.2 Å². The number of hydrogen-bond donors (Lipinski definition) is 1. The first-order valence-electron chi connectivity index (χ1n) is 6.61. The van der Waals surface area contributed by atoms with Crippen LogP contribution in [-0.4, -0.2) is 29.7 Å². The molecule has 0 fully saturated rings. The number of nitrogens with zero attached hydrogens (tertiary/aromatic N) is 5. The van der Waals surface area contributed by atoms with Crippen LogP contribution in [0.3, 0.4) is 0 Å². The molecule has 2 aromatic heterocycles. The summed E-state index contributed by atoms with van der Waals surface area (Å²) in [6.07, 6.45) is 4.08. The number of aliphatic hydroxyl groups excluding tert-OH is 1. The summed E-state index contributed by atoms with van der Waals surface area (Å²) < 4.78 is 3.58. The van der Waals surface area contributed by atoms with E-state index in [9.17, 15) is 5.11 Å².